The van der Waals surface area contributed by atoms with Crippen molar-refractivity contribution in [2.24, 2.45) is 0 Å². The van der Waals surface area contributed by atoms with E-state index in [4.69, 9.17) is 4.98 Å². The largest absolute Gasteiger partial charge is 0.341 e. The average molecular weight is 308 g/mol. The van der Waals surface area contributed by atoms with E-state index < -0.39 is 0 Å². The van der Waals surface area contributed by atoms with Gasteiger partial charge in [-0.2, -0.15) is 0 Å². The van der Waals surface area contributed by atoms with E-state index in [0.717, 1.165) is 37.1 Å². The summed E-state index contributed by atoms with van der Waals surface area (Å²) in [5.41, 5.74) is 3.32. The monoisotopic (exact) mass is 308 g/mol. The van der Waals surface area contributed by atoms with Gasteiger partial charge in [0.25, 0.3) is 5.91 Å². The van der Waals surface area contributed by atoms with Crippen LogP contribution in [0.2, 0.25) is 0 Å². The molecule has 1 aromatic carbocycles. The number of nitrogens with zero attached hydrogens (tertiary/aromatic N) is 1. The average Bonchev–Trinajstić information content (AvgIpc) is 3.35. The molecule has 0 spiro atoms. The quantitative estimate of drug-likeness (QED) is 0.941. The number of carbonyl (C=O) groups excluding carboxylic acids is 1. The van der Waals surface area contributed by atoms with Gasteiger partial charge in [-0.15, -0.1) is 0 Å². The normalized spacial score (nSPS) is 17.4. The second-order valence-electron chi connectivity index (χ2n) is 6.22. The number of amides is 1. The van der Waals surface area contributed by atoms with E-state index >= 15 is 0 Å². The van der Waals surface area contributed by atoms with Crippen LogP contribution in [0.25, 0.3) is 6.08 Å². The summed E-state index contributed by atoms with van der Waals surface area (Å²) in [6, 6.07) is 9.71. The maximum absolute atomic E-state index is 13.0. The van der Waals surface area contributed by atoms with Gasteiger partial charge in [0.2, 0.25) is 0 Å². The van der Waals surface area contributed by atoms with Gasteiger partial charge in [0.15, 0.2) is 0 Å². The Labute approximate surface area is 134 Å². The van der Waals surface area contributed by atoms with E-state index in [2.05, 4.69) is 23.5 Å². The third kappa shape index (κ3) is 2.65. The predicted octanol–water partition coefficient (Wildman–Crippen LogP) is 3.60. The number of pyridine rings is 1. The summed E-state index contributed by atoms with van der Waals surface area (Å²) < 4.78 is 13.0. The van der Waals surface area contributed by atoms with Gasteiger partial charge < -0.3 is 5.32 Å². The molecule has 3 nitrogen and oxygen atoms in total. The number of aromatic nitrogens is 1. The summed E-state index contributed by atoms with van der Waals surface area (Å²) >= 11 is 0. The molecule has 0 bridgehead atoms. The maximum Gasteiger partial charge on any atom is 0.252 e. The topological polar surface area (TPSA) is 42.0 Å². The highest BCUT2D eigenvalue weighted by molar-refractivity contribution is 5.95. The molecule has 1 saturated carbocycles. The second-order valence-corrected chi connectivity index (χ2v) is 6.22. The van der Waals surface area contributed by atoms with Crippen LogP contribution in [0.1, 0.15) is 46.6 Å². The number of nitrogens with one attached hydrogen (secondary N) is 1. The van der Waals surface area contributed by atoms with Crippen molar-refractivity contribution < 1.29 is 9.18 Å². The Balaban J connectivity index is 1.58. The Morgan fingerprint density at radius 1 is 1.13 bits per heavy atom. The molecule has 1 N–H and O–H groups in total. The summed E-state index contributed by atoms with van der Waals surface area (Å²) in [6.07, 6.45) is 8.00. The van der Waals surface area contributed by atoms with Gasteiger partial charge >= 0.3 is 0 Å². The van der Waals surface area contributed by atoms with Gasteiger partial charge in [-0.05, 0) is 61.6 Å². The molecule has 1 amide bonds. The molecule has 4 heteroatoms. The van der Waals surface area contributed by atoms with Crippen LogP contribution in [-0.2, 0) is 12.0 Å². The number of allylic oxidation sites excluding steroid dienone is 1. The minimum absolute atomic E-state index is 0.179. The molecule has 4 rings (SSSR count). The minimum atomic E-state index is -0.359. The molecule has 0 unspecified atom stereocenters. The summed E-state index contributed by atoms with van der Waals surface area (Å²) in [5, 5.41) is 3.08. The van der Waals surface area contributed by atoms with Crippen LogP contribution in [0.3, 0.4) is 0 Å². The van der Waals surface area contributed by atoms with Crippen LogP contribution in [0.15, 0.2) is 42.5 Å². The van der Waals surface area contributed by atoms with E-state index in [1.54, 1.807) is 0 Å². The number of halogens is 1. The molecular formula is C19H17FN2O. The van der Waals surface area contributed by atoms with E-state index in [-0.39, 0.29) is 17.3 Å². The van der Waals surface area contributed by atoms with E-state index in [1.807, 2.05) is 6.07 Å². The standard InChI is InChI=1S/C19H17FN2O/c20-15-8-5-14(6-9-15)18(23)22-19(11-12-19)17-10-7-13-3-1-2-4-16(13)21-17/h1,3,5-10H,2,4,11-12H2,(H,22,23). The summed E-state index contributed by atoms with van der Waals surface area (Å²) in [7, 11) is 0. The first kappa shape index (κ1) is 14.1. The van der Waals surface area contributed by atoms with Crippen molar-refractivity contribution in [2.75, 3.05) is 0 Å². The minimum Gasteiger partial charge on any atom is -0.341 e. The van der Waals surface area contributed by atoms with E-state index in [9.17, 15) is 9.18 Å². The van der Waals surface area contributed by atoms with Gasteiger partial charge in [-0.3, -0.25) is 9.78 Å². The Bertz CT molecular complexity index is 792. The third-order valence-electron chi connectivity index (χ3n) is 4.55. The number of rotatable bonds is 3. The smallest absolute Gasteiger partial charge is 0.252 e. The highest BCUT2D eigenvalue weighted by Crippen LogP contribution is 2.45. The molecule has 1 aromatic heterocycles. The van der Waals surface area contributed by atoms with E-state index in [1.165, 1.54) is 29.8 Å². The molecule has 2 aliphatic rings. The molecule has 2 aromatic rings. The molecule has 2 aliphatic carbocycles. The van der Waals surface area contributed by atoms with Gasteiger partial charge in [-0.1, -0.05) is 18.2 Å². The Kier molecular flexibility index (Phi) is 3.26. The Hall–Kier alpha value is -2.49. The van der Waals surface area contributed by atoms with Crippen LogP contribution in [-0.4, -0.2) is 10.9 Å². The molecule has 23 heavy (non-hydrogen) atoms. The van der Waals surface area contributed by atoms with Gasteiger partial charge in [0.1, 0.15) is 5.82 Å². The zero-order valence-corrected chi connectivity index (χ0v) is 12.7. The van der Waals surface area contributed by atoms with Crippen molar-refractivity contribution in [2.45, 2.75) is 31.2 Å². The van der Waals surface area contributed by atoms with E-state index in [0.29, 0.717) is 5.56 Å². The first-order valence-corrected chi connectivity index (χ1v) is 7.91. The molecule has 0 aliphatic heterocycles. The van der Waals surface area contributed by atoms with Crippen molar-refractivity contribution in [1.29, 1.82) is 0 Å². The van der Waals surface area contributed by atoms with Gasteiger partial charge in [0.05, 0.1) is 11.2 Å². The zero-order valence-electron chi connectivity index (χ0n) is 12.7. The van der Waals surface area contributed by atoms with Crippen molar-refractivity contribution in [3.63, 3.8) is 0 Å². The molecule has 0 atom stereocenters. The second kappa shape index (κ2) is 5.30. The number of carbonyl (C=O) groups is 1. The molecule has 0 radical (unpaired) electrons. The first-order chi connectivity index (χ1) is 11.2. The van der Waals surface area contributed by atoms with Crippen LogP contribution in [0.4, 0.5) is 4.39 Å². The van der Waals surface area contributed by atoms with Crippen molar-refractivity contribution in [1.82, 2.24) is 10.3 Å². The Morgan fingerprint density at radius 2 is 1.91 bits per heavy atom. The number of aryl methyl sites for hydroxylation is 1. The molecule has 0 saturated heterocycles. The Morgan fingerprint density at radius 3 is 2.65 bits per heavy atom. The van der Waals surface area contributed by atoms with Crippen LogP contribution < -0.4 is 5.32 Å². The van der Waals surface area contributed by atoms with Crippen molar-refractivity contribution >= 4 is 12.0 Å². The highest BCUT2D eigenvalue weighted by atomic mass is 19.1. The summed E-state index contributed by atoms with van der Waals surface area (Å²) in [6.45, 7) is 0. The number of benzene rings is 1. The lowest BCUT2D eigenvalue weighted by Crippen LogP contribution is -2.35. The SMILES string of the molecule is O=C(NC1(c2ccc3c(n2)CCC=C3)CC1)c1ccc(F)cc1. The van der Waals surface area contributed by atoms with Crippen LogP contribution >= 0.6 is 0 Å². The zero-order chi connectivity index (χ0) is 15.9. The maximum atomic E-state index is 13.0. The first-order valence-electron chi connectivity index (χ1n) is 7.91. The van der Waals surface area contributed by atoms with Crippen LogP contribution in [0, 0.1) is 5.82 Å². The predicted molar refractivity (Wildman–Crippen MR) is 86.4 cm³/mol. The lowest BCUT2D eigenvalue weighted by molar-refractivity contribution is 0.0929. The lowest BCUT2D eigenvalue weighted by Gasteiger charge is -2.19. The highest BCUT2D eigenvalue weighted by Gasteiger charge is 2.47. The summed E-state index contributed by atoms with van der Waals surface area (Å²) in [5.74, 6) is -0.519. The molecule has 1 fully saturated rings. The fraction of sp³-hybridized carbons (Fsp3) is 0.263. The molecule has 116 valence electrons. The fourth-order valence-corrected chi connectivity index (χ4v) is 3.02. The fourth-order valence-electron chi connectivity index (χ4n) is 3.02. The van der Waals surface area contributed by atoms with Crippen LogP contribution in [0.5, 0.6) is 0 Å². The number of hydrogen-bond acceptors (Lipinski definition) is 2. The van der Waals surface area contributed by atoms with Gasteiger partial charge in [0, 0.05) is 11.3 Å². The van der Waals surface area contributed by atoms with Crippen molar-refractivity contribution in [3.05, 3.63) is 70.8 Å². The number of fused-ring (bicyclic) bond motifs is 1. The number of hydrogen-bond donors (Lipinski definition) is 1. The molecular weight excluding hydrogens is 291 g/mol. The van der Waals surface area contributed by atoms with Gasteiger partial charge in [-0.25, -0.2) is 4.39 Å². The lowest BCUT2D eigenvalue weighted by atomic mass is 10.0. The van der Waals surface area contributed by atoms with Crippen molar-refractivity contribution in [3.8, 4) is 0 Å². The summed E-state index contributed by atoms with van der Waals surface area (Å²) in [4.78, 5) is 17.2. The third-order valence-corrected chi connectivity index (χ3v) is 4.55. The molecule has 1 heterocycles.